The van der Waals surface area contributed by atoms with Crippen LogP contribution in [0.1, 0.15) is 57.6 Å². The van der Waals surface area contributed by atoms with Gasteiger partial charge in [0.2, 0.25) is 0 Å². The van der Waals surface area contributed by atoms with Gasteiger partial charge in [0, 0.05) is 18.6 Å². The largest absolute Gasteiger partial charge is 0.310 e. The van der Waals surface area contributed by atoms with E-state index in [1.165, 1.54) is 44.2 Å². The van der Waals surface area contributed by atoms with E-state index in [2.05, 4.69) is 61.4 Å². The maximum Gasteiger partial charge on any atom is 0.0358 e. The molecule has 1 aliphatic carbocycles. The van der Waals surface area contributed by atoms with Crippen molar-refractivity contribution in [3.05, 3.63) is 35.9 Å². The lowest BCUT2D eigenvalue weighted by Crippen LogP contribution is -2.38. The molecule has 118 valence electrons. The topological polar surface area (TPSA) is 15.3 Å². The van der Waals surface area contributed by atoms with Gasteiger partial charge >= 0.3 is 0 Å². The van der Waals surface area contributed by atoms with Gasteiger partial charge in [-0.1, -0.05) is 57.0 Å². The Hall–Kier alpha value is -0.860. The Labute approximate surface area is 130 Å². The zero-order valence-corrected chi connectivity index (χ0v) is 14.0. The Morgan fingerprint density at radius 3 is 2.48 bits per heavy atom. The van der Waals surface area contributed by atoms with Gasteiger partial charge in [-0.15, -0.1) is 0 Å². The van der Waals surface area contributed by atoms with Gasteiger partial charge in [0.25, 0.3) is 0 Å². The Kier molecular flexibility index (Phi) is 6.72. The molecule has 0 aliphatic heterocycles. The number of hydrogen-bond donors (Lipinski definition) is 1. The molecule has 2 atom stereocenters. The van der Waals surface area contributed by atoms with Gasteiger partial charge in [-0.05, 0) is 44.3 Å². The second-order valence-electron chi connectivity index (χ2n) is 6.70. The van der Waals surface area contributed by atoms with Crippen LogP contribution in [0.5, 0.6) is 0 Å². The maximum atomic E-state index is 3.75. The number of nitrogens with zero attached hydrogens (tertiary/aromatic N) is 1. The minimum atomic E-state index is 0.468. The Bertz CT molecular complexity index is 384. The van der Waals surface area contributed by atoms with Gasteiger partial charge in [0.05, 0.1) is 0 Å². The highest BCUT2D eigenvalue weighted by molar-refractivity contribution is 5.19. The summed E-state index contributed by atoms with van der Waals surface area (Å²) >= 11 is 0. The number of benzene rings is 1. The molecule has 0 spiro atoms. The molecule has 0 heterocycles. The smallest absolute Gasteiger partial charge is 0.0358 e. The summed E-state index contributed by atoms with van der Waals surface area (Å²) in [5.74, 6) is 0.629. The van der Waals surface area contributed by atoms with E-state index in [4.69, 9.17) is 0 Å². The molecule has 0 radical (unpaired) electrons. The molecule has 0 aromatic heterocycles. The quantitative estimate of drug-likeness (QED) is 0.770. The fraction of sp³-hybridized carbons (Fsp3) is 0.684. The minimum Gasteiger partial charge on any atom is -0.310 e. The van der Waals surface area contributed by atoms with Crippen molar-refractivity contribution in [1.82, 2.24) is 10.2 Å². The number of hydrogen-bond acceptors (Lipinski definition) is 2. The third-order valence-corrected chi connectivity index (χ3v) is 4.87. The molecule has 2 rings (SSSR count). The molecule has 0 amide bonds. The van der Waals surface area contributed by atoms with Crippen molar-refractivity contribution in [2.75, 3.05) is 20.1 Å². The van der Waals surface area contributed by atoms with Crippen molar-refractivity contribution in [2.24, 2.45) is 5.92 Å². The summed E-state index contributed by atoms with van der Waals surface area (Å²) in [5.41, 5.74) is 1.43. The predicted octanol–water partition coefficient (Wildman–Crippen LogP) is 4.24. The zero-order valence-electron chi connectivity index (χ0n) is 14.0. The summed E-state index contributed by atoms with van der Waals surface area (Å²) in [5, 5.41) is 3.75. The van der Waals surface area contributed by atoms with Gasteiger partial charge in [0.15, 0.2) is 0 Å². The SMILES string of the molecule is CCCNC(c1ccccc1)C(C)CN(C)C1CCCC1. The standard InChI is InChI=1S/C19H32N2/c1-4-14-20-19(17-10-6-5-7-11-17)16(2)15-21(3)18-12-8-9-13-18/h5-7,10-11,16,18-20H,4,8-9,12-15H2,1-3H3. The van der Waals surface area contributed by atoms with Crippen LogP contribution in [0.15, 0.2) is 30.3 Å². The molecule has 2 unspecified atom stereocenters. The summed E-state index contributed by atoms with van der Waals surface area (Å²) in [6.07, 6.45) is 6.80. The number of nitrogens with one attached hydrogen (secondary N) is 1. The molecule has 1 saturated carbocycles. The molecule has 2 heteroatoms. The molecule has 1 aliphatic rings. The van der Waals surface area contributed by atoms with E-state index in [1.807, 2.05) is 0 Å². The van der Waals surface area contributed by atoms with Crippen LogP contribution >= 0.6 is 0 Å². The predicted molar refractivity (Wildman–Crippen MR) is 91.5 cm³/mol. The molecule has 1 aromatic carbocycles. The van der Waals surface area contributed by atoms with E-state index >= 15 is 0 Å². The van der Waals surface area contributed by atoms with E-state index in [0.29, 0.717) is 12.0 Å². The summed E-state index contributed by atoms with van der Waals surface area (Å²) in [4.78, 5) is 2.60. The van der Waals surface area contributed by atoms with E-state index in [9.17, 15) is 0 Å². The van der Waals surface area contributed by atoms with Crippen LogP contribution in [0.4, 0.5) is 0 Å². The highest BCUT2D eigenvalue weighted by Crippen LogP contribution is 2.27. The molecule has 1 N–H and O–H groups in total. The van der Waals surface area contributed by atoms with Crippen LogP contribution in [0.2, 0.25) is 0 Å². The van der Waals surface area contributed by atoms with E-state index in [-0.39, 0.29) is 0 Å². The first-order valence-corrected chi connectivity index (χ1v) is 8.71. The second kappa shape index (κ2) is 8.55. The van der Waals surface area contributed by atoms with Crippen LogP contribution in [0.3, 0.4) is 0 Å². The van der Waals surface area contributed by atoms with Crippen molar-refractivity contribution >= 4 is 0 Å². The van der Waals surface area contributed by atoms with Crippen LogP contribution in [-0.4, -0.2) is 31.1 Å². The highest BCUT2D eigenvalue weighted by Gasteiger charge is 2.24. The van der Waals surface area contributed by atoms with Gasteiger partial charge < -0.3 is 10.2 Å². The number of rotatable bonds is 8. The molecule has 1 aromatic rings. The van der Waals surface area contributed by atoms with Gasteiger partial charge in [-0.3, -0.25) is 0 Å². The fourth-order valence-corrected chi connectivity index (χ4v) is 3.66. The van der Waals surface area contributed by atoms with Gasteiger partial charge in [0.1, 0.15) is 0 Å². The van der Waals surface area contributed by atoms with Gasteiger partial charge in [-0.2, -0.15) is 0 Å². The normalized spacial score (nSPS) is 19.0. The molecule has 1 fully saturated rings. The lowest BCUT2D eigenvalue weighted by Gasteiger charge is -2.32. The first-order chi connectivity index (χ1) is 10.2. The first-order valence-electron chi connectivity index (χ1n) is 8.71. The third-order valence-electron chi connectivity index (χ3n) is 4.87. The van der Waals surface area contributed by atoms with Gasteiger partial charge in [-0.25, -0.2) is 0 Å². The monoisotopic (exact) mass is 288 g/mol. The zero-order chi connectivity index (χ0) is 15.1. The minimum absolute atomic E-state index is 0.468. The molecule has 0 bridgehead atoms. The van der Waals surface area contributed by atoms with Crippen LogP contribution in [0, 0.1) is 5.92 Å². The Morgan fingerprint density at radius 2 is 1.86 bits per heavy atom. The third kappa shape index (κ3) is 4.82. The van der Waals surface area contributed by atoms with E-state index in [1.54, 1.807) is 0 Å². The Balaban J connectivity index is 1.98. The summed E-state index contributed by atoms with van der Waals surface area (Å²) in [6.45, 7) is 6.91. The Morgan fingerprint density at radius 1 is 1.19 bits per heavy atom. The van der Waals surface area contributed by atoms with Crippen molar-refractivity contribution in [1.29, 1.82) is 0 Å². The molecular weight excluding hydrogens is 256 g/mol. The van der Waals surface area contributed by atoms with Crippen molar-refractivity contribution in [2.45, 2.75) is 58.0 Å². The lowest BCUT2D eigenvalue weighted by molar-refractivity contribution is 0.192. The molecule has 0 saturated heterocycles. The lowest BCUT2D eigenvalue weighted by atomic mass is 9.93. The summed E-state index contributed by atoms with van der Waals surface area (Å²) in [6, 6.07) is 12.2. The summed E-state index contributed by atoms with van der Waals surface area (Å²) < 4.78 is 0. The van der Waals surface area contributed by atoms with Crippen molar-refractivity contribution in [3.8, 4) is 0 Å². The van der Waals surface area contributed by atoms with Crippen LogP contribution < -0.4 is 5.32 Å². The van der Waals surface area contributed by atoms with E-state index in [0.717, 1.165) is 12.6 Å². The fourth-order valence-electron chi connectivity index (χ4n) is 3.66. The average Bonchev–Trinajstić information content (AvgIpc) is 3.03. The summed E-state index contributed by atoms with van der Waals surface area (Å²) in [7, 11) is 2.31. The average molecular weight is 288 g/mol. The van der Waals surface area contributed by atoms with Crippen LogP contribution in [0.25, 0.3) is 0 Å². The maximum absolute atomic E-state index is 3.75. The highest BCUT2D eigenvalue weighted by atomic mass is 15.1. The molecular formula is C19H32N2. The van der Waals surface area contributed by atoms with Crippen molar-refractivity contribution < 1.29 is 0 Å². The first kappa shape index (κ1) is 16.5. The second-order valence-corrected chi connectivity index (χ2v) is 6.70. The van der Waals surface area contributed by atoms with Crippen molar-refractivity contribution in [3.63, 3.8) is 0 Å². The van der Waals surface area contributed by atoms with E-state index < -0.39 is 0 Å². The van der Waals surface area contributed by atoms with Crippen LogP contribution in [-0.2, 0) is 0 Å². The molecule has 2 nitrogen and oxygen atoms in total. The molecule has 21 heavy (non-hydrogen) atoms.